The molecule has 0 amide bonds. The molecule has 0 bridgehead atoms. The molecule has 3 rings (SSSR count). The molecular formula is C15H23N5O4. The van der Waals surface area contributed by atoms with Crippen LogP contribution >= 0.6 is 0 Å². The summed E-state index contributed by atoms with van der Waals surface area (Å²) in [6.07, 6.45) is 3.18. The Labute approximate surface area is 139 Å². The van der Waals surface area contributed by atoms with Crippen LogP contribution in [-0.4, -0.2) is 55.2 Å². The Kier molecular flexibility index (Phi) is 5.12. The van der Waals surface area contributed by atoms with Crippen molar-refractivity contribution in [2.45, 2.75) is 51.0 Å². The Morgan fingerprint density at radius 2 is 2.25 bits per heavy atom. The number of nitrogen functional groups attached to an aromatic ring is 1. The summed E-state index contributed by atoms with van der Waals surface area (Å²) in [6, 6.07) is 0. The Morgan fingerprint density at radius 1 is 1.42 bits per heavy atom. The molecule has 24 heavy (non-hydrogen) atoms. The highest BCUT2D eigenvalue weighted by atomic mass is 16.5. The lowest BCUT2D eigenvalue weighted by Gasteiger charge is -2.15. The van der Waals surface area contributed by atoms with E-state index in [4.69, 9.17) is 15.2 Å². The molecule has 9 nitrogen and oxygen atoms in total. The molecule has 2 aromatic rings. The number of aliphatic hydroxyl groups excluding tert-OH is 2. The third kappa shape index (κ3) is 3.28. The summed E-state index contributed by atoms with van der Waals surface area (Å²) in [5.74, 6) is 0.454. The summed E-state index contributed by atoms with van der Waals surface area (Å²) in [5, 5.41) is 19.2. The van der Waals surface area contributed by atoms with Gasteiger partial charge in [0.1, 0.15) is 12.3 Å². The van der Waals surface area contributed by atoms with Crippen LogP contribution in [0.1, 0.15) is 38.8 Å². The number of anilines is 1. The second kappa shape index (κ2) is 7.29. The molecule has 132 valence electrons. The van der Waals surface area contributed by atoms with E-state index in [0.717, 1.165) is 19.3 Å². The Morgan fingerprint density at radius 3 is 2.96 bits per heavy atom. The molecule has 0 aromatic carbocycles. The van der Waals surface area contributed by atoms with E-state index < -0.39 is 18.4 Å². The molecule has 3 heterocycles. The SMILES string of the molecule is CCCCCOc1nc(N)nc2ncn([C@H]3C[C@H](O)[C@@H](CO)O3)c12. The Balaban J connectivity index is 1.89. The van der Waals surface area contributed by atoms with E-state index in [1.165, 1.54) is 0 Å². The van der Waals surface area contributed by atoms with Crippen molar-refractivity contribution in [1.82, 2.24) is 19.5 Å². The average molecular weight is 337 g/mol. The van der Waals surface area contributed by atoms with E-state index in [0.29, 0.717) is 30.1 Å². The van der Waals surface area contributed by atoms with E-state index in [9.17, 15) is 10.2 Å². The van der Waals surface area contributed by atoms with Crippen molar-refractivity contribution in [2.75, 3.05) is 18.9 Å². The Bertz CT molecular complexity index is 692. The first-order chi connectivity index (χ1) is 11.6. The van der Waals surface area contributed by atoms with Crippen molar-refractivity contribution >= 4 is 17.1 Å². The van der Waals surface area contributed by atoms with Crippen molar-refractivity contribution in [2.24, 2.45) is 0 Å². The van der Waals surface area contributed by atoms with Gasteiger partial charge in [-0.25, -0.2) is 4.98 Å². The van der Waals surface area contributed by atoms with Gasteiger partial charge in [-0.1, -0.05) is 19.8 Å². The number of nitrogens with zero attached hydrogens (tertiary/aromatic N) is 4. The quantitative estimate of drug-likeness (QED) is 0.627. The largest absolute Gasteiger partial charge is 0.476 e. The zero-order valence-electron chi connectivity index (χ0n) is 13.6. The van der Waals surface area contributed by atoms with E-state index in [1.54, 1.807) is 10.9 Å². The first-order valence-electron chi connectivity index (χ1n) is 8.21. The van der Waals surface area contributed by atoms with E-state index >= 15 is 0 Å². The van der Waals surface area contributed by atoms with Crippen LogP contribution < -0.4 is 10.5 Å². The second-order valence-corrected chi connectivity index (χ2v) is 5.88. The molecule has 1 saturated heterocycles. The standard InChI is InChI=1S/C15H23N5O4/c1-2-3-4-5-23-14-12-13(18-15(16)19-14)17-8-20(12)11-6-9(22)10(7-21)24-11/h8-11,21-22H,2-7H2,1H3,(H2,16,18,19)/t9-,10+,11+/m0/s1. The highest BCUT2D eigenvalue weighted by molar-refractivity contribution is 5.77. The minimum atomic E-state index is -0.735. The number of fused-ring (bicyclic) bond motifs is 1. The molecule has 0 radical (unpaired) electrons. The second-order valence-electron chi connectivity index (χ2n) is 5.88. The van der Waals surface area contributed by atoms with Crippen LogP contribution in [0, 0.1) is 0 Å². The summed E-state index contributed by atoms with van der Waals surface area (Å²) >= 11 is 0. The van der Waals surface area contributed by atoms with Crippen LogP contribution in [0.25, 0.3) is 11.2 Å². The third-order valence-corrected chi connectivity index (χ3v) is 4.09. The van der Waals surface area contributed by atoms with Gasteiger partial charge in [0.05, 0.1) is 25.6 Å². The minimum absolute atomic E-state index is 0.0962. The molecule has 0 unspecified atom stereocenters. The molecule has 0 aliphatic carbocycles. The van der Waals surface area contributed by atoms with Crippen LogP contribution in [-0.2, 0) is 4.74 Å². The predicted octanol–water partition coefficient (Wildman–Crippen LogP) is 0.618. The van der Waals surface area contributed by atoms with Crippen molar-refractivity contribution in [3.05, 3.63) is 6.33 Å². The number of unbranched alkanes of at least 4 members (excludes halogenated alkanes) is 2. The molecule has 1 aliphatic rings. The topological polar surface area (TPSA) is 129 Å². The van der Waals surface area contributed by atoms with Crippen LogP contribution in [0.3, 0.4) is 0 Å². The van der Waals surface area contributed by atoms with Crippen LogP contribution in [0.15, 0.2) is 6.33 Å². The van der Waals surface area contributed by atoms with Gasteiger partial charge in [-0.3, -0.25) is 4.57 Å². The number of ether oxygens (including phenoxy) is 2. The average Bonchev–Trinajstić information content (AvgIpc) is 3.14. The lowest BCUT2D eigenvalue weighted by Crippen LogP contribution is -2.24. The molecular weight excluding hydrogens is 314 g/mol. The van der Waals surface area contributed by atoms with E-state index in [2.05, 4.69) is 21.9 Å². The fourth-order valence-electron chi connectivity index (χ4n) is 2.82. The first-order valence-corrected chi connectivity index (χ1v) is 8.21. The smallest absolute Gasteiger partial charge is 0.245 e. The van der Waals surface area contributed by atoms with Crippen LogP contribution in [0.2, 0.25) is 0 Å². The van der Waals surface area contributed by atoms with Gasteiger partial charge < -0.3 is 25.4 Å². The predicted molar refractivity (Wildman–Crippen MR) is 86.4 cm³/mol. The number of imidazole rings is 1. The van der Waals surface area contributed by atoms with Gasteiger partial charge in [-0.05, 0) is 6.42 Å². The number of aliphatic hydroxyl groups is 2. The zero-order chi connectivity index (χ0) is 17.1. The number of hydrogen-bond donors (Lipinski definition) is 3. The van der Waals surface area contributed by atoms with E-state index in [1.807, 2.05) is 0 Å². The molecule has 3 atom stereocenters. The summed E-state index contributed by atoms with van der Waals surface area (Å²) in [5.41, 5.74) is 6.72. The summed E-state index contributed by atoms with van der Waals surface area (Å²) in [4.78, 5) is 12.5. The van der Waals surface area contributed by atoms with E-state index in [-0.39, 0.29) is 12.6 Å². The van der Waals surface area contributed by atoms with Gasteiger partial charge in [0.25, 0.3) is 0 Å². The summed E-state index contributed by atoms with van der Waals surface area (Å²) in [6.45, 7) is 2.41. The minimum Gasteiger partial charge on any atom is -0.476 e. The summed E-state index contributed by atoms with van der Waals surface area (Å²) in [7, 11) is 0. The monoisotopic (exact) mass is 337 g/mol. The maximum absolute atomic E-state index is 9.94. The summed E-state index contributed by atoms with van der Waals surface area (Å²) < 4.78 is 13.2. The van der Waals surface area contributed by atoms with Gasteiger partial charge in [0.15, 0.2) is 11.2 Å². The van der Waals surface area contributed by atoms with Gasteiger partial charge in [0, 0.05) is 6.42 Å². The normalized spacial score (nSPS) is 23.9. The van der Waals surface area contributed by atoms with Gasteiger partial charge >= 0.3 is 0 Å². The van der Waals surface area contributed by atoms with Crippen molar-refractivity contribution in [3.8, 4) is 5.88 Å². The zero-order valence-corrected chi connectivity index (χ0v) is 13.6. The van der Waals surface area contributed by atoms with Gasteiger partial charge in [-0.2, -0.15) is 9.97 Å². The maximum Gasteiger partial charge on any atom is 0.245 e. The molecule has 0 spiro atoms. The fraction of sp³-hybridized carbons (Fsp3) is 0.667. The third-order valence-electron chi connectivity index (χ3n) is 4.09. The number of nitrogens with two attached hydrogens (primary N) is 1. The highest BCUT2D eigenvalue weighted by Crippen LogP contribution is 2.33. The number of rotatable bonds is 7. The molecule has 4 N–H and O–H groups in total. The lowest BCUT2D eigenvalue weighted by molar-refractivity contribution is -0.0431. The maximum atomic E-state index is 9.94. The molecule has 1 fully saturated rings. The molecule has 0 saturated carbocycles. The molecule has 2 aromatic heterocycles. The molecule has 1 aliphatic heterocycles. The first kappa shape index (κ1) is 16.9. The van der Waals surface area contributed by atoms with Gasteiger partial charge in [-0.15, -0.1) is 0 Å². The fourth-order valence-corrected chi connectivity index (χ4v) is 2.82. The van der Waals surface area contributed by atoms with Gasteiger partial charge in [0.2, 0.25) is 11.8 Å². The number of hydrogen-bond acceptors (Lipinski definition) is 8. The van der Waals surface area contributed by atoms with Crippen LogP contribution in [0.4, 0.5) is 5.95 Å². The van der Waals surface area contributed by atoms with Crippen molar-refractivity contribution in [1.29, 1.82) is 0 Å². The van der Waals surface area contributed by atoms with Crippen molar-refractivity contribution < 1.29 is 19.7 Å². The van der Waals surface area contributed by atoms with Crippen LogP contribution in [0.5, 0.6) is 5.88 Å². The lowest BCUT2D eigenvalue weighted by atomic mass is 10.2. The van der Waals surface area contributed by atoms with Crippen molar-refractivity contribution in [3.63, 3.8) is 0 Å². The number of aromatic nitrogens is 4. The molecule has 9 heteroatoms. The Hall–Kier alpha value is -1.97. The highest BCUT2D eigenvalue weighted by Gasteiger charge is 2.35.